The summed E-state index contributed by atoms with van der Waals surface area (Å²) in [6.07, 6.45) is 4.55. The summed E-state index contributed by atoms with van der Waals surface area (Å²) in [5, 5.41) is 7.79. The molecule has 5 heteroatoms. The second-order valence-corrected chi connectivity index (χ2v) is 4.38. The number of nitrogens with one attached hydrogen (secondary N) is 1. The highest BCUT2D eigenvalue weighted by molar-refractivity contribution is 6.18. The maximum absolute atomic E-state index is 14.3. The summed E-state index contributed by atoms with van der Waals surface area (Å²) in [6.45, 7) is 1.64. The molecule has 3 rings (SSSR count). The minimum atomic E-state index is -0.301. The van der Waals surface area contributed by atoms with Gasteiger partial charge in [-0.2, -0.15) is 9.30 Å². The van der Waals surface area contributed by atoms with Crippen LogP contribution in [0.1, 0.15) is 12.0 Å². The maximum atomic E-state index is 14.3. The minimum absolute atomic E-state index is 0.301. The molecule has 2 heterocycles. The summed E-state index contributed by atoms with van der Waals surface area (Å²) in [6, 6.07) is 3.63. The summed E-state index contributed by atoms with van der Waals surface area (Å²) in [4.78, 5) is 0. The Bertz CT molecular complexity index is 603. The molecule has 1 N–H and O–H groups in total. The van der Waals surface area contributed by atoms with Crippen molar-refractivity contribution in [1.29, 1.82) is 0 Å². The molecule has 0 saturated carbocycles. The zero-order valence-electron chi connectivity index (χ0n) is 9.08. The Labute approximate surface area is 103 Å². The van der Waals surface area contributed by atoms with E-state index in [0.29, 0.717) is 23.0 Å². The monoisotopic (exact) mass is 251 g/mol. The van der Waals surface area contributed by atoms with Gasteiger partial charge < -0.3 is 5.32 Å². The number of hydrogen-bond acceptors (Lipinski definition) is 2. The molecular weight excluding hydrogens is 241 g/mol. The molecule has 0 aliphatic carbocycles. The Morgan fingerprint density at radius 1 is 1.41 bits per heavy atom. The lowest BCUT2D eigenvalue weighted by Crippen LogP contribution is -2.21. The Kier molecular flexibility index (Phi) is 2.61. The van der Waals surface area contributed by atoms with E-state index in [1.807, 2.05) is 6.07 Å². The first-order valence-electron chi connectivity index (χ1n) is 5.50. The number of benzene rings is 1. The van der Waals surface area contributed by atoms with Crippen molar-refractivity contribution in [3.05, 3.63) is 35.8 Å². The molecule has 2 aromatic rings. The largest absolute Gasteiger partial charge is 0.312 e. The van der Waals surface area contributed by atoms with Gasteiger partial charge in [0.1, 0.15) is 5.52 Å². The zero-order valence-corrected chi connectivity index (χ0v) is 9.84. The predicted octanol–water partition coefficient (Wildman–Crippen LogP) is 2.55. The van der Waals surface area contributed by atoms with Crippen molar-refractivity contribution in [2.75, 3.05) is 13.1 Å². The molecule has 0 radical (unpaired) electrons. The number of fused-ring (bicyclic) bond motifs is 1. The topological polar surface area (TPSA) is 29.9 Å². The molecule has 1 aliphatic heterocycles. The van der Waals surface area contributed by atoms with Gasteiger partial charge in [0, 0.05) is 29.3 Å². The summed E-state index contributed by atoms with van der Waals surface area (Å²) < 4.78 is 15.4. The van der Waals surface area contributed by atoms with E-state index in [9.17, 15) is 4.39 Å². The van der Waals surface area contributed by atoms with Crippen LogP contribution < -0.4 is 5.32 Å². The highest BCUT2D eigenvalue weighted by atomic mass is 35.5. The Morgan fingerprint density at radius 3 is 3.06 bits per heavy atom. The van der Waals surface area contributed by atoms with Crippen molar-refractivity contribution in [1.82, 2.24) is 14.6 Å². The van der Waals surface area contributed by atoms with Crippen LogP contribution in [-0.4, -0.2) is 22.4 Å². The van der Waals surface area contributed by atoms with E-state index in [-0.39, 0.29) is 5.82 Å². The van der Waals surface area contributed by atoms with E-state index < -0.39 is 0 Å². The van der Waals surface area contributed by atoms with Crippen molar-refractivity contribution >= 4 is 28.3 Å². The minimum Gasteiger partial charge on any atom is -0.312 e. The van der Waals surface area contributed by atoms with Crippen LogP contribution in [0.2, 0.25) is 0 Å². The Hall–Kier alpha value is -1.39. The first-order valence-corrected chi connectivity index (χ1v) is 5.83. The van der Waals surface area contributed by atoms with E-state index in [4.69, 9.17) is 11.8 Å². The molecule has 0 unspecified atom stereocenters. The van der Waals surface area contributed by atoms with Crippen LogP contribution in [0.4, 0.5) is 4.39 Å². The third kappa shape index (κ3) is 1.73. The lowest BCUT2D eigenvalue weighted by atomic mass is 10.0. The fourth-order valence-electron chi connectivity index (χ4n) is 2.14. The van der Waals surface area contributed by atoms with Gasteiger partial charge in [-0.25, -0.2) is 4.39 Å². The number of halogens is 2. The van der Waals surface area contributed by atoms with Gasteiger partial charge in [0.05, 0.1) is 6.20 Å². The van der Waals surface area contributed by atoms with Gasteiger partial charge >= 0.3 is 0 Å². The molecule has 1 aromatic heterocycles. The Morgan fingerprint density at radius 2 is 2.29 bits per heavy atom. The molecule has 1 aliphatic rings. The Balaban J connectivity index is 2.20. The summed E-state index contributed by atoms with van der Waals surface area (Å²) >= 11 is 5.82. The molecular formula is C12H11ClFN3. The van der Waals surface area contributed by atoms with Gasteiger partial charge in [0.25, 0.3) is 0 Å². The van der Waals surface area contributed by atoms with E-state index in [1.54, 1.807) is 12.3 Å². The highest BCUT2D eigenvalue weighted by Gasteiger charge is 2.15. The van der Waals surface area contributed by atoms with Gasteiger partial charge in [-0.3, -0.25) is 0 Å². The third-order valence-corrected chi connectivity index (χ3v) is 3.26. The fourth-order valence-corrected chi connectivity index (χ4v) is 2.35. The summed E-state index contributed by atoms with van der Waals surface area (Å²) in [5.74, 6) is -0.301. The van der Waals surface area contributed by atoms with Crippen LogP contribution in [0.15, 0.2) is 24.4 Å². The van der Waals surface area contributed by atoms with Crippen LogP contribution in [0.5, 0.6) is 0 Å². The van der Waals surface area contributed by atoms with Crippen molar-refractivity contribution in [3.63, 3.8) is 0 Å². The van der Waals surface area contributed by atoms with E-state index in [1.165, 1.54) is 0 Å². The number of rotatable bonds is 1. The average Bonchev–Trinajstić information content (AvgIpc) is 2.73. The molecule has 88 valence electrons. The van der Waals surface area contributed by atoms with Crippen LogP contribution in [0.3, 0.4) is 0 Å². The predicted molar refractivity (Wildman–Crippen MR) is 66.4 cm³/mol. The van der Waals surface area contributed by atoms with Gasteiger partial charge in [0.2, 0.25) is 0 Å². The van der Waals surface area contributed by atoms with E-state index >= 15 is 0 Å². The van der Waals surface area contributed by atoms with Crippen LogP contribution >= 0.6 is 11.8 Å². The number of hydrogen-bond donors (Lipinski definition) is 1. The summed E-state index contributed by atoms with van der Waals surface area (Å²) in [5.41, 5.74) is 1.93. The highest BCUT2D eigenvalue weighted by Crippen LogP contribution is 2.27. The van der Waals surface area contributed by atoms with Crippen molar-refractivity contribution in [2.45, 2.75) is 6.42 Å². The molecule has 0 atom stereocenters. The van der Waals surface area contributed by atoms with Crippen molar-refractivity contribution < 1.29 is 4.39 Å². The zero-order chi connectivity index (χ0) is 11.8. The lowest BCUT2D eigenvalue weighted by Gasteiger charge is -2.15. The molecule has 0 saturated heterocycles. The van der Waals surface area contributed by atoms with Gasteiger partial charge in [0.15, 0.2) is 5.82 Å². The molecule has 3 nitrogen and oxygen atoms in total. The normalized spacial score (nSPS) is 16.2. The lowest BCUT2D eigenvalue weighted by molar-refractivity contribution is 0.627. The van der Waals surface area contributed by atoms with Crippen LogP contribution in [-0.2, 0) is 0 Å². The van der Waals surface area contributed by atoms with E-state index in [0.717, 1.165) is 22.7 Å². The standard InChI is InChI=1S/C12H11ClFN3/c13-17-12-9(7-16-17)3-4-10(11(12)14)8-2-1-5-15-6-8/h2-4,7,15H,1,5-6H2. The number of aromatic nitrogens is 2. The first-order chi connectivity index (χ1) is 8.27. The van der Waals surface area contributed by atoms with Crippen LogP contribution in [0.25, 0.3) is 16.5 Å². The second kappa shape index (κ2) is 4.13. The molecule has 1 aromatic carbocycles. The van der Waals surface area contributed by atoms with Crippen LogP contribution in [0, 0.1) is 5.82 Å². The molecule has 0 bridgehead atoms. The quantitative estimate of drug-likeness (QED) is 0.844. The van der Waals surface area contributed by atoms with Crippen molar-refractivity contribution in [3.8, 4) is 0 Å². The van der Waals surface area contributed by atoms with Gasteiger partial charge in [-0.05, 0) is 18.5 Å². The second-order valence-electron chi connectivity index (χ2n) is 4.06. The van der Waals surface area contributed by atoms with E-state index in [2.05, 4.69) is 16.5 Å². The SMILES string of the molecule is Fc1c(C2=CCCNC2)ccc2cnn(Cl)c12. The summed E-state index contributed by atoms with van der Waals surface area (Å²) in [7, 11) is 0. The van der Waals surface area contributed by atoms with Gasteiger partial charge in [-0.15, -0.1) is 0 Å². The van der Waals surface area contributed by atoms with Crippen molar-refractivity contribution in [2.24, 2.45) is 0 Å². The number of nitrogens with zero attached hydrogens (tertiary/aromatic N) is 2. The van der Waals surface area contributed by atoms with Gasteiger partial charge in [-0.1, -0.05) is 18.2 Å². The maximum Gasteiger partial charge on any atom is 0.158 e. The fraction of sp³-hybridized carbons (Fsp3) is 0.250. The smallest absolute Gasteiger partial charge is 0.158 e. The molecule has 17 heavy (non-hydrogen) atoms. The molecule has 0 fully saturated rings. The average molecular weight is 252 g/mol. The molecule has 0 amide bonds. The third-order valence-electron chi connectivity index (χ3n) is 3.00. The first kappa shape index (κ1) is 10.7. The molecule has 0 spiro atoms.